The van der Waals surface area contributed by atoms with Gasteiger partial charge in [-0.3, -0.25) is 0 Å². The molecule has 11 heavy (non-hydrogen) atoms. The van der Waals surface area contributed by atoms with Gasteiger partial charge in [0.05, 0.1) is 12.1 Å². The van der Waals surface area contributed by atoms with E-state index in [0.29, 0.717) is 0 Å². The highest BCUT2D eigenvalue weighted by atomic mass is 14.9. The van der Waals surface area contributed by atoms with E-state index in [0.717, 1.165) is 25.8 Å². The van der Waals surface area contributed by atoms with Crippen LogP contribution in [0.1, 0.15) is 39.5 Å². The van der Waals surface area contributed by atoms with Gasteiger partial charge in [0.15, 0.2) is 0 Å². The summed E-state index contributed by atoms with van der Waals surface area (Å²) in [6.07, 6.45) is 4.41. The van der Waals surface area contributed by atoms with Gasteiger partial charge in [0.2, 0.25) is 0 Å². The van der Waals surface area contributed by atoms with E-state index in [1.807, 2.05) is 0 Å². The molecule has 0 aromatic rings. The van der Waals surface area contributed by atoms with E-state index in [4.69, 9.17) is 5.26 Å². The Hall–Kier alpha value is -0.550. The minimum atomic E-state index is 0.0786. The van der Waals surface area contributed by atoms with E-state index in [1.54, 1.807) is 0 Å². The Balaban J connectivity index is 3.35. The Bertz CT molecular complexity index is 107. The number of nitriles is 1. The summed E-state index contributed by atoms with van der Waals surface area (Å²) >= 11 is 0. The number of nitrogens with one attached hydrogen (secondary N) is 1. The first-order chi connectivity index (χ1) is 5.35. The predicted octanol–water partition coefficient (Wildman–Crippen LogP) is 2.07. The first-order valence-electron chi connectivity index (χ1n) is 4.48. The van der Waals surface area contributed by atoms with E-state index in [-0.39, 0.29) is 6.04 Å². The summed E-state index contributed by atoms with van der Waals surface area (Å²) in [6, 6.07) is 2.34. The maximum Gasteiger partial charge on any atom is 0.0952 e. The number of hydrogen-bond acceptors (Lipinski definition) is 2. The molecule has 64 valence electrons. The minimum absolute atomic E-state index is 0.0786. The lowest BCUT2D eigenvalue weighted by Gasteiger charge is -2.08. The van der Waals surface area contributed by atoms with Gasteiger partial charge in [-0.05, 0) is 19.4 Å². The molecule has 0 saturated heterocycles. The van der Waals surface area contributed by atoms with Crippen LogP contribution in [0.5, 0.6) is 0 Å². The smallest absolute Gasteiger partial charge is 0.0952 e. The number of unbranched alkanes of at least 4 members (excludes halogenated alkanes) is 1. The standard InChI is InChI=1S/C9H18N2/c1-3-5-6-9(8-10)11-7-4-2/h9,11H,3-7H2,1-2H3. The molecule has 0 aliphatic heterocycles. The molecule has 1 atom stereocenters. The van der Waals surface area contributed by atoms with Crippen molar-refractivity contribution >= 4 is 0 Å². The molecular formula is C9H18N2. The van der Waals surface area contributed by atoms with Gasteiger partial charge >= 0.3 is 0 Å². The number of nitrogens with zero attached hydrogens (tertiary/aromatic N) is 1. The molecule has 0 bridgehead atoms. The Morgan fingerprint density at radius 2 is 2.09 bits per heavy atom. The average molecular weight is 154 g/mol. The van der Waals surface area contributed by atoms with Crippen molar-refractivity contribution in [3.8, 4) is 6.07 Å². The lowest BCUT2D eigenvalue weighted by Crippen LogP contribution is -2.27. The molecule has 0 spiro atoms. The second kappa shape index (κ2) is 7.56. The zero-order chi connectivity index (χ0) is 8.53. The average Bonchev–Trinajstić information content (AvgIpc) is 2.05. The van der Waals surface area contributed by atoms with Crippen molar-refractivity contribution in [2.24, 2.45) is 0 Å². The summed E-state index contributed by atoms with van der Waals surface area (Å²) in [7, 11) is 0. The Morgan fingerprint density at radius 1 is 1.36 bits per heavy atom. The van der Waals surface area contributed by atoms with Crippen molar-refractivity contribution in [1.82, 2.24) is 5.32 Å². The van der Waals surface area contributed by atoms with Crippen LogP contribution in [-0.2, 0) is 0 Å². The van der Waals surface area contributed by atoms with Crippen LogP contribution in [0, 0.1) is 11.3 Å². The van der Waals surface area contributed by atoms with Crippen molar-refractivity contribution in [2.75, 3.05) is 6.54 Å². The Kier molecular flexibility index (Phi) is 7.18. The minimum Gasteiger partial charge on any atom is -0.302 e. The maximum atomic E-state index is 8.67. The van der Waals surface area contributed by atoms with Crippen LogP contribution in [0.15, 0.2) is 0 Å². The van der Waals surface area contributed by atoms with E-state index in [9.17, 15) is 0 Å². The van der Waals surface area contributed by atoms with Crippen LogP contribution < -0.4 is 5.32 Å². The molecule has 0 radical (unpaired) electrons. The third kappa shape index (κ3) is 5.87. The summed E-state index contributed by atoms with van der Waals surface area (Å²) in [5.41, 5.74) is 0. The highest BCUT2D eigenvalue weighted by Crippen LogP contribution is 1.98. The van der Waals surface area contributed by atoms with Crippen molar-refractivity contribution in [1.29, 1.82) is 5.26 Å². The predicted molar refractivity (Wildman–Crippen MR) is 47.2 cm³/mol. The maximum absolute atomic E-state index is 8.67. The molecule has 0 fully saturated rings. The van der Waals surface area contributed by atoms with Gasteiger partial charge in [-0.2, -0.15) is 5.26 Å². The molecule has 0 saturated carbocycles. The highest BCUT2D eigenvalue weighted by Gasteiger charge is 2.02. The van der Waals surface area contributed by atoms with Gasteiger partial charge < -0.3 is 5.32 Å². The SMILES string of the molecule is CCCCC(C#N)NCCC. The van der Waals surface area contributed by atoms with Crippen LogP contribution in [0.2, 0.25) is 0 Å². The van der Waals surface area contributed by atoms with Gasteiger partial charge in [0.25, 0.3) is 0 Å². The first-order valence-corrected chi connectivity index (χ1v) is 4.48. The second-order valence-corrected chi connectivity index (χ2v) is 2.78. The van der Waals surface area contributed by atoms with Gasteiger partial charge in [0, 0.05) is 0 Å². The number of hydrogen-bond donors (Lipinski definition) is 1. The van der Waals surface area contributed by atoms with E-state index < -0.39 is 0 Å². The lowest BCUT2D eigenvalue weighted by atomic mass is 10.1. The van der Waals surface area contributed by atoms with Crippen LogP contribution >= 0.6 is 0 Å². The fourth-order valence-electron chi connectivity index (χ4n) is 0.939. The summed E-state index contributed by atoms with van der Waals surface area (Å²) < 4.78 is 0. The Labute approximate surface area is 69.6 Å². The Morgan fingerprint density at radius 3 is 2.55 bits per heavy atom. The van der Waals surface area contributed by atoms with Crippen molar-refractivity contribution in [2.45, 2.75) is 45.6 Å². The molecule has 0 rings (SSSR count). The van der Waals surface area contributed by atoms with Gasteiger partial charge in [-0.1, -0.05) is 26.7 Å². The van der Waals surface area contributed by atoms with Crippen molar-refractivity contribution in [3.63, 3.8) is 0 Å². The highest BCUT2D eigenvalue weighted by molar-refractivity contribution is 4.88. The molecule has 0 aromatic carbocycles. The zero-order valence-corrected chi connectivity index (χ0v) is 7.56. The van der Waals surface area contributed by atoms with Gasteiger partial charge in [-0.15, -0.1) is 0 Å². The van der Waals surface area contributed by atoms with Crippen LogP contribution in [0.4, 0.5) is 0 Å². The van der Waals surface area contributed by atoms with E-state index in [2.05, 4.69) is 25.2 Å². The molecule has 0 aromatic heterocycles. The zero-order valence-electron chi connectivity index (χ0n) is 7.56. The summed E-state index contributed by atoms with van der Waals surface area (Å²) in [5, 5.41) is 11.9. The topological polar surface area (TPSA) is 35.8 Å². The molecule has 2 nitrogen and oxygen atoms in total. The summed E-state index contributed by atoms with van der Waals surface area (Å²) in [5.74, 6) is 0. The van der Waals surface area contributed by atoms with Crippen LogP contribution in [0.25, 0.3) is 0 Å². The molecule has 0 heterocycles. The molecule has 2 heteroatoms. The third-order valence-electron chi connectivity index (χ3n) is 1.64. The molecular weight excluding hydrogens is 136 g/mol. The molecule has 0 aliphatic carbocycles. The third-order valence-corrected chi connectivity index (χ3v) is 1.64. The fourth-order valence-corrected chi connectivity index (χ4v) is 0.939. The second-order valence-electron chi connectivity index (χ2n) is 2.78. The fraction of sp³-hybridized carbons (Fsp3) is 0.889. The molecule has 0 amide bonds. The van der Waals surface area contributed by atoms with Crippen molar-refractivity contribution in [3.05, 3.63) is 0 Å². The van der Waals surface area contributed by atoms with Crippen molar-refractivity contribution < 1.29 is 0 Å². The largest absolute Gasteiger partial charge is 0.302 e. The summed E-state index contributed by atoms with van der Waals surface area (Å²) in [6.45, 7) is 5.22. The molecule has 1 unspecified atom stereocenters. The first kappa shape index (κ1) is 10.4. The monoisotopic (exact) mass is 154 g/mol. The molecule has 1 N–H and O–H groups in total. The van der Waals surface area contributed by atoms with E-state index in [1.165, 1.54) is 6.42 Å². The van der Waals surface area contributed by atoms with Gasteiger partial charge in [0.1, 0.15) is 0 Å². The quantitative estimate of drug-likeness (QED) is 0.635. The normalized spacial score (nSPS) is 12.5. The van der Waals surface area contributed by atoms with Crippen LogP contribution in [0.3, 0.4) is 0 Å². The van der Waals surface area contributed by atoms with Crippen LogP contribution in [-0.4, -0.2) is 12.6 Å². The van der Waals surface area contributed by atoms with E-state index >= 15 is 0 Å². The lowest BCUT2D eigenvalue weighted by molar-refractivity contribution is 0.539. The number of rotatable bonds is 6. The molecule has 0 aliphatic rings. The van der Waals surface area contributed by atoms with Gasteiger partial charge in [-0.25, -0.2) is 0 Å². The summed E-state index contributed by atoms with van der Waals surface area (Å²) in [4.78, 5) is 0.